The van der Waals surface area contributed by atoms with E-state index in [1.54, 1.807) is 0 Å². The molecule has 0 amide bonds. The Morgan fingerprint density at radius 1 is 1.56 bits per heavy atom. The summed E-state index contributed by atoms with van der Waals surface area (Å²) in [6.07, 6.45) is 7.51. The van der Waals surface area contributed by atoms with Gasteiger partial charge in [-0.05, 0) is 33.1 Å². The van der Waals surface area contributed by atoms with Gasteiger partial charge in [0.15, 0.2) is 0 Å². The van der Waals surface area contributed by atoms with Crippen LogP contribution in [0.4, 0.5) is 0 Å². The SMILES string of the molecule is CCC(N)Cc1nccn1CCCC(C)(C)C#N. The van der Waals surface area contributed by atoms with Gasteiger partial charge in [-0.1, -0.05) is 6.92 Å². The van der Waals surface area contributed by atoms with Gasteiger partial charge in [0.25, 0.3) is 0 Å². The molecule has 0 aliphatic heterocycles. The van der Waals surface area contributed by atoms with Crippen LogP contribution in [0.15, 0.2) is 12.4 Å². The lowest BCUT2D eigenvalue weighted by Gasteiger charge is -2.16. The molecule has 4 heteroatoms. The molecule has 1 unspecified atom stereocenters. The molecule has 0 aliphatic carbocycles. The van der Waals surface area contributed by atoms with Gasteiger partial charge in [-0.15, -0.1) is 0 Å². The highest BCUT2D eigenvalue weighted by molar-refractivity contribution is 4.96. The highest BCUT2D eigenvalue weighted by atomic mass is 15.1. The molecule has 1 rings (SSSR count). The largest absolute Gasteiger partial charge is 0.335 e. The first kappa shape index (κ1) is 14.7. The first-order valence-corrected chi connectivity index (χ1v) is 6.65. The van der Waals surface area contributed by atoms with E-state index >= 15 is 0 Å². The third-order valence-corrected chi connectivity index (χ3v) is 3.27. The summed E-state index contributed by atoms with van der Waals surface area (Å²) in [4.78, 5) is 4.36. The number of hydrogen-bond acceptors (Lipinski definition) is 3. The number of rotatable bonds is 7. The van der Waals surface area contributed by atoms with Crippen LogP contribution in [0.25, 0.3) is 0 Å². The highest BCUT2D eigenvalue weighted by Gasteiger charge is 2.16. The van der Waals surface area contributed by atoms with Gasteiger partial charge in [0.05, 0.1) is 11.5 Å². The summed E-state index contributed by atoms with van der Waals surface area (Å²) in [5.74, 6) is 1.05. The summed E-state index contributed by atoms with van der Waals surface area (Å²) in [6.45, 7) is 6.97. The number of hydrogen-bond donors (Lipinski definition) is 1. The molecular formula is C14H24N4. The minimum atomic E-state index is -0.236. The maximum Gasteiger partial charge on any atom is 0.110 e. The molecule has 0 fully saturated rings. The number of nitriles is 1. The van der Waals surface area contributed by atoms with E-state index in [0.29, 0.717) is 0 Å². The third-order valence-electron chi connectivity index (χ3n) is 3.27. The Labute approximate surface area is 110 Å². The van der Waals surface area contributed by atoms with Gasteiger partial charge in [0.2, 0.25) is 0 Å². The van der Waals surface area contributed by atoms with E-state index in [-0.39, 0.29) is 11.5 Å². The Hall–Kier alpha value is -1.34. The molecule has 4 nitrogen and oxygen atoms in total. The highest BCUT2D eigenvalue weighted by Crippen LogP contribution is 2.21. The fourth-order valence-electron chi connectivity index (χ4n) is 1.86. The smallest absolute Gasteiger partial charge is 0.110 e. The molecular weight excluding hydrogens is 224 g/mol. The lowest BCUT2D eigenvalue weighted by molar-refractivity contribution is 0.411. The van der Waals surface area contributed by atoms with Crippen molar-refractivity contribution in [3.63, 3.8) is 0 Å². The number of imidazole rings is 1. The van der Waals surface area contributed by atoms with Gasteiger partial charge in [-0.25, -0.2) is 4.98 Å². The van der Waals surface area contributed by atoms with Gasteiger partial charge < -0.3 is 10.3 Å². The molecule has 1 aromatic heterocycles. The molecule has 100 valence electrons. The number of nitrogens with two attached hydrogens (primary N) is 1. The van der Waals surface area contributed by atoms with E-state index in [1.165, 1.54) is 0 Å². The van der Waals surface area contributed by atoms with E-state index in [4.69, 9.17) is 11.0 Å². The van der Waals surface area contributed by atoms with Gasteiger partial charge in [0.1, 0.15) is 5.82 Å². The Bertz CT molecular complexity index is 400. The van der Waals surface area contributed by atoms with Crippen molar-refractivity contribution in [1.82, 2.24) is 9.55 Å². The van der Waals surface area contributed by atoms with E-state index in [9.17, 15) is 0 Å². The summed E-state index contributed by atoms with van der Waals surface area (Å²) < 4.78 is 2.16. The number of aromatic nitrogens is 2. The van der Waals surface area contributed by atoms with Crippen molar-refractivity contribution in [2.75, 3.05) is 0 Å². The minimum Gasteiger partial charge on any atom is -0.335 e. The summed E-state index contributed by atoms with van der Waals surface area (Å²) >= 11 is 0. The Morgan fingerprint density at radius 2 is 2.28 bits per heavy atom. The third kappa shape index (κ3) is 4.50. The van der Waals surface area contributed by atoms with E-state index < -0.39 is 0 Å². The van der Waals surface area contributed by atoms with Crippen molar-refractivity contribution in [3.8, 4) is 6.07 Å². The van der Waals surface area contributed by atoms with Crippen LogP contribution in [0.2, 0.25) is 0 Å². The van der Waals surface area contributed by atoms with Crippen molar-refractivity contribution in [2.45, 2.75) is 59.0 Å². The van der Waals surface area contributed by atoms with Crippen molar-refractivity contribution >= 4 is 0 Å². The summed E-state index contributed by atoms with van der Waals surface area (Å²) in [5, 5.41) is 8.97. The van der Waals surface area contributed by atoms with E-state index in [1.807, 2.05) is 26.2 Å². The van der Waals surface area contributed by atoms with Crippen molar-refractivity contribution in [3.05, 3.63) is 18.2 Å². The van der Waals surface area contributed by atoms with Crippen LogP contribution in [0, 0.1) is 16.7 Å². The normalized spacial score (nSPS) is 13.3. The van der Waals surface area contributed by atoms with Crippen LogP contribution in [0.1, 0.15) is 45.9 Å². The van der Waals surface area contributed by atoms with Crippen LogP contribution in [-0.2, 0) is 13.0 Å². The molecule has 0 aromatic carbocycles. The Morgan fingerprint density at radius 3 is 2.89 bits per heavy atom. The fraction of sp³-hybridized carbons (Fsp3) is 0.714. The lowest BCUT2D eigenvalue weighted by atomic mass is 9.90. The minimum absolute atomic E-state index is 0.182. The zero-order valence-corrected chi connectivity index (χ0v) is 11.7. The van der Waals surface area contributed by atoms with Crippen molar-refractivity contribution in [1.29, 1.82) is 5.26 Å². The van der Waals surface area contributed by atoms with Gasteiger partial charge in [-0.2, -0.15) is 5.26 Å². The molecule has 1 atom stereocenters. The number of nitrogens with zero attached hydrogens (tertiary/aromatic N) is 3. The fourth-order valence-corrected chi connectivity index (χ4v) is 1.86. The van der Waals surface area contributed by atoms with Crippen LogP contribution in [-0.4, -0.2) is 15.6 Å². The molecule has 0 saturated carbocycles. The van der Waals surface area contributed by atoms with Crippen LogP contribution >= 0.6 is 0 Å². The van der Waals surface area contributed by atoms with Gasteiger partial charge >= 0.3 is 0 Å². The van der Waals surface area contributed by atoms with Crippen LogP contribution in [0.3, 0.4) is 0 Å². The summed E-state index contributed by atoms with van der Waals surface area (Å²) in [5.41, 5.74) is 5.72. The molecule has 0 saturated heterocycles. The molecule has 0 spiro atoms. The summed E-state index contributed by atoms with van der Waals surface area (Å²) in [6, 6.07) is 2.51. The molecule has 1 heterocycles. The van der Waals surface area contributed by atoms with Crippen LogP contribution < -0.4 is 5.73 Å². The number of aryl methyl sites for hydroxylation is 1. The quantitative estimate of drug-likeness (QED) is 0.806. The van der Waals surface area contributed by atoms with E-state index in [0.717, 1.165) is 38.1 Å². The molecule has 0 bridgehead atoms. The molecule has 1 aromatic rings. The predicted octanol–water partition coefficient (Wildman–Crippen LogP) is 2.49. The van der Waals surface area contributed by atoms with Crippen molar-refractivity contribution in [2.24, 2.45) is 11.1 Å². The van der Waals surface area contributed by atoms with Crippen molar-refractivity contribution < 1.29 is 0 Å². The standard InChI is InChI=1S/C14H24N4/c1-4-12(16)10-13-17-7-9-18(13)8-5-6-14(2,3)11-15/h7,9,12H,4-6,8,10,16H2,1-3H3. The zero-order chi connectivity index (χ0) is 13.6. The predicted molar refractivity (Wildman–Crippen MR) is 72.8 cm³/mol. The average molecular weight is 248 g/mol. The summed E-state index contributed by atoms with van der Waals surface area (Å²) in [7, 11) is 0. The van der Waals surface area contributed by atoms with Crippen LogP contribution in [0.5, 0.6) is 0 Å². The second-order valence-electron chi connectivity index (χ2n) is 5.51. The maximum absolute atomic E-state index is 8.97. The second-order valence-corrected chi connectivity index (χ2v) is 5.51. The molecule has 0 radical (unpaired) electrons. The molecule has 2 N–H and O–H groups in total. The lowest BCUT2D eigenvalue weighted by Crippen LogP contribution is -2.23. The maximum atomic E-state index is 8.97. The average Bonchev–Trinajstić information content (AvgIpc) is 2.76. The monoisotopic (exact) mass is 248 g/mol. The first-order chi connectivity index (χ1) is 8.48. The second kappa shape index (κ2) is 6.55. The Kier molecular flexibility index (Phi) is 5.36. The molecule has 18 heavy (non-hydrogen) atoms. The zero-order valence-electron chi connectivity index (χ0n) is 11.7. The Balaban J connectivity index is 2.49. The molecule has 0 aliphatic rings. The van der Waals surface area contributed by atoms with Gasteiger partial charge in [-0.3, -0.25) is 0 Å². The van der Waals surface area contributed by atoms with E-state index in [2.05, 4.69) is 22.5 Å². The van der Waals surface area contributed by atoms with Gasteiger partial charge in [0, 0.05) is 31.4 Å². The topological polar surface area (TPSA) is 67.6 Å². The first-order valence-electron chi connectivity index (χ1n) is 6.65.